The molecule has 0 bridgehead atoms. The van der Waals surface area contributed by atoms with Crippen molar-refractivity contribution in [2.75, 3.05) is 5.32 Å². The second-order valence-electron chi connectivity index (χ2n) is 4.40. The Morgan fingerprint density at radius 2 is 1.95 bits per heavy atom. The van der Waals surface area contributed by atoms with Crippen molar-refractivity contribution in [3.8, 4) is 0 Å². The zero-order chi connectivity index (χ0) is 14.5. The van der Waals surface area contributed by atoms with Crippen LogP contribution in [0.3, 0.4) is 0 Å². The maximum atomic E-state index is 11.9. The fraction of sp³-hybridized carbons (Fsp3) is 0.214. The van der Waals surface area contributed by atoms with Gasteiger partial charge < -0.3 is 15.2 Å². The summed E-state index contributed by atoms with van der Waals surface area (Å²) in [4.78, 5) is 27.0. The molecule has 6 heteroatoms. The van der Waals surface area contributed by atoms with Crippen LogP contribution in [0, 0.1) is 0 Å². The lowest BCUT2D eigenvalue weighted by molar-refractivity contribution is -0.114. The van der Waals surface area contributed by atoms with Crippen LogP contribution in [0.5, 0.6) is 0 Å². The van der Waals surface area contributed by atoms with Crippen LogP contribution in [0.25, 0.3) is 0 Å². The first-order chi connectivity index (χ1) is 9.56. The number of anilines is 1. The summed E-state index contributed by atoms with van der Waals surface area (Å²) < 4.78 is 1.85. The van der Waals surface area contributed by atoms with Crippen molar-refractivity contribution in [1.29, 1.82) is 0 Å². The van der Waals surface area contributed by atoms with Crippen LogP contribution in [0.2, 0.25) is 0 Å². The highest BCUT2D eigenvalue weighted by molar-refractivity contribution is 5.95. The number of nitrogens with one attached hydrogen (secondary N) is 2. The Kier molecular flexibility index (Phi) is 4.14. The van der Waals surface area contributed by atoms with Gasteiger partial charge in [0.05, 0.1) is 6.54 Å². The van der Waals surface area contributed by atoms with E-state index in [0.717, 1.165) is 5.82 Å². The van der Waals surface area contributed by atoms with E-state index in [0.29, 0.717) is 17.8 Å². The molecule has 0 aliphatic rings. The van der Waals surface area contributed by atoms with E-state index in [2.05, 4.69) is 15.6 Å². The van der Waals surface area contributed by atoms with Gasteiger partial charge in [0.1, 0.15) is 5.82 Å². The molecule has 2 amide bonds. The van der Waals surface area contributed by atoms with E-state index >= 15 is 0 Å². The molecule has 2 rings (SSSR count). The molecule has 6 nitrogen and oxygen atoms in total. The largest absolute Gasteiger partial charge is 0.345 e. The molecule has 1 heterocycles. The molecule has 0 aliphatic heterocycles. The van der Waals surface area contributed by atoms with Crippen molar-refractivity contribution in [3.63, 3.8) is 0 Å². The van der Waals surface area contributed by atoms with Gasteiger partial charge in [-0.2, -0.15) is 0 Å². The Labute approximate surface area is 116 Å². The number of hydrogen-bond donors (Lipinski definition) is 2. The predicted octanol–water partition coefficient (Wildman–Crippen LogP) is 1.31. The first kappa shape index (κ1) is 13.8. The van der Waals surface area contributed by atoms with Gasteiger partial charge in [-0.25, -0.2) is 4.98 Å². The minimum absolute atomic E-state index is 0.142. The summed E-state index contributed by atoms with van der Waals surface area (Å²) in [6.45, 7) is 1.81. The topological polar surface area (TPSA) is 76.0 Å². The highest BCUT2D eigenvalue weighted by Crippen LogP contribution is 2.09. The number of nitrogens with zero attached hydrogens (tertiary/aromatic N) is 2. The van der Waals surface area contributed by atoms with Crippen molar-refractivity contribution in [2.24, 2.45) is 7.05 Å². The number of imidazole rings is 1. The third-order valence-electron chi connectivity index (χ3n) is 2.80. The number of rotatable bonds is 4. The maximum Gasteiger partial charge on any atom is 0.251 e. The second-order valence-corrected chi connectivity index (χ2v) is 4.40. The lowest BCUT2D eigenvalue weighted by atomic mass is 10.2. The molecule has 0 spiro atoms. The van der Waals surface area contributed by atoms with E-state index in [1.54, 1.807) is 30.5 Å². The summed E-state index contributed by atoms with van der Waals surface area (Å²) in [5, 5.41) is 5.44. The van der Waals surface area contributed by atoms with E-state index in [1.807, 2.05) is 17.8 Å². The lowest BCUT2D eigenvalue weighted by Crippen LogP contribution is -2.24. The molecular formula is C14H16N4O2. The number of carbonyl (C=O) groups is 2. The molecule has 2 aromatic rings. The number of aryl methyl sites for hydroxylation is 1. The van der Waals surface area contributed by atoms with Crippen LogP contribution in [-0.4, -0.2) is 21.4 Å². The van der Waals surface area contributed by atoms with Gasteiger partial charge in [-0.3, -0.25) is 9.59 Å². The molecule has 0 unspecified atom stereocenters. The zero-order valence-electron chi connectivity index (χ0n) is 11.4. The molecule has 0 saturated heterocycles. The first-order valence-corrected chi connectivity index (χ1v) is 6.18. The SMILES string of the molecule is CC(=O)Nc1ccc(C(=O)NCc2nccn2C)cc1. The number of carbonyl (C=O) groups excluding carboxylic acids is 2. The summed E-state index contributed by atoms with van der Waals surface area (Å²) in [6.07, 6.45) is 3.51. The quantitative estimate of drug-likeness (QED) is 0.881. The Morgan fingerprint density at radius 3 is 2.50 bits per heavy atom. The predicted molar refractivity (Wildman–Crippen MR) is 75.1 cm³/mol. The van der Waals surface area contributed by atoms with E-state index in [-0.39, 0.29) is 11.8 Å². The molecule has 1 aromatic heterocycles. The fourth-order valence-corrected chi connectivity index (χ4v) is 1.74. The van der Waals surface area contributed by atoms with E-state index in [1.165, 1.54) is 6.92 Å². The molecule has 104 valence electrons. The fourth-order valence-electron chi connectivity index (χ4n) is 1.74. The van der Waals surface area contributed by atoms with Crippen molar-refractivity contribution < 1.29 is 9.59 Å². The summed E-state index contributed by atoms with van der Waals surface area (Å²) in [7, 11) is 1.87. The standard InChI is InChI=1S/C14H16N4O2/c1-10(19)17-12-5-3-11(4-6-12)14(20)16-9-13-15-7-8-18(13)2/h3-8H,9H2,1-2H3,(H,16,20)(H,17,19). The van der Waals surface area contributed by atoms with Gasteiger partial charge >= 0.3 is 0 Å². The Morgan fingerprint density at radius 1 is 1.25 bits per heavy atom. The smallest absolute Gasteiger partial charge is 0.251 e. The van der Waals surface area contributed by atoms with Crippen LogP contribution in [0.15, 0.2) is 36.7 Å². The van der Waals surface area contributed by atoms with Gasteiger partial charge in [-0.05, 0) is 24.3 Å². The Bertz CT molecular complexity index is 616. The molecule has 0 fully saturated rings. The van der Waals surface area contributed by atoms with E-state index < -0.39 is 0 Å². The molecule has 0 aliphatic carbocycles. The first-order valence-electron chi connectivity index (χ1n) is 6.18. The van der Waals surface area contributed by atoms with Crippen molar-refractivity contribution >= 4 is 17.5 Å². The average molecular weight is 272 g/mol. The summed E-state index contributed by atoms with van der Waals surface area (Å²) in [6, 6.07) is 6.71. The van der Waals surface area contributed by atoms with Crippen LogP contribution in [0.1, 0.15) is 23.1 Å². The third-order valence-corrected chi connectivity index (χ3v) is 2.80. The molecular weight excluding hydrogens is 256 g/mol. The van der Waals surface area contributed by atoms with Crippen LogP contribution in [0.4, 0.5) is 5.69 Å². The second kappa shape index (κ2) is 6.01. The average Bonchev–Trinajstić information content (AvgIpc) is 2.82. The van der Waals surface area contributed by atoms with E-state index in [4.69, 9.17) is 0 Å². The van der Waals surface area contributed by atoms with E-state index in [9.17, 15) is 9.59 Å². The normalized spacial score (nSPS) is 10.1. The van der Waals surface area contributed by atoms with Crippen molar-refractivity contribution in [2.45, 2.75) is 13.5 Å². The summed E-state index contributed by atoms with van der Waals surface area (Å²) in [5.74, 6) is 0.465. The van der Waals surface area contributed by atoms with Crippen LogP contribution < -0.4 is 10.6 Å². The lowest BCUT2D eigenvalue weighted by Gasteiger charge is -2.06. The molecule has 2 N–H and O–H groups in total. The molecule has 0 radical (unpaired) electrons. The minimum atomic E-state index is -0.178. The van der Waals surface area contributed by atoms with Crippen molar-refractivity contribution in [1.82, 2.24) is 14.9 Å². The van der Waals surface area contributed by atoms with Gasteiger partial charge in [0, 0.05) is 37.6 Å². The number of hydrogen-bond acceptors (Lipinski definition) is 3. The van der Waals surface area contributed by atoms with Gasteiger partial charge in [-0.15, -0.1) is 0 Å². The number of aromatic nitrogens is 2. The van der Waals surface area contributed by atoms with Gasteiger partial charge in [0.25, 0.3) is 5.91 Å². The Hall–Kier alpha value is -2.63. The van der Waals surface area contributed by atoms with Gasteiger partial charge in [0.15, 0.2) is 0 Å². The minimum Gasteiger partial charge on any atom is -0.345 e. The highest BCUT2D eigenvalue weighted by atomic mass is 16.2. The summed E-state index contributed by atoms with van der Waals surface area (Å²) >= 11 is 0. The summed E-state index contributed by atoms with van der Waals surface area (Å²) in [5.41, 5.74) is 1.20. The molecule has 0 saturated carbocycles. The molecule has 1 aromatic carbocycles. The Balaban J connectivity index is 1.95. The third kappa shape index (κ3) is 3.44. The molecule has 20 heavy (non-hydrogen) atoms. The maximum absolute atomic E-state index is 11.9. The highest BCUT2D eigenvalue weighted by Gasteiger charge is 2.07. The van der Waals surface area contributed by atoms with Gasteiger partial charge in [-0.1, -0.05) is 0 Å². The van der Waals surface area contributed by atoms with Crippen LogP contribution in [-0.2, 0) is 18.4 Å². The van der Waals surface area contributed by atoms with Crippen LogP contribution >= 0.6 is 0 Å². The zero-order valence-corrected chi connectivity index (χ0v) is 11.4. The monoisotopic (exact) mass is 272 g/mol. The van der Waals surface area contributed by atoms with Crippen molar-refractivity contribution in [3.05, 3.63) is 48.0 Å². The number of benzene rings is 1. The number of amides is 2. The van der Waals surface area contributed by atoms with Gasteiger partial charge in [0.2, 0.25) is 5.91 Å². The molecule has 0 atom stereocenters.